The number of nitrogens with two attached hydrogens (primary N) is 2. The topological polar surface area (TPSA) is 117 Å². The summed E-state index contributed by atoms with van der Waals surface area (Å²) >= 11 is 0. The first-order chi connectivity index (χ1) is 12.0. The van der Waals surface area contributed by atoms with E-state index in [-0.39, 0.29) is 5.84 Å². The number of nitrogen functional groups attached to an aromatic ring is 1. The smallest absolute Gasteiger partial charge is 0.246 e. The van der Waals surface area contributed by atoms with Crippen LogP contribution in [0.3, 0.4) is 0 Å². The van der Waals surface area contributed by atoms with Crippen LogP contribution in [0.15, 0.2) is 28.8 Å². The highest BCUT2D eigenvalue weighted by Crippen LogP contribution is 2.31. The molecular formula is C18H26N6O. The van der Waals surface area contributed by atoms with Crippen molar-refractivity contribution in [3.05, 3.63) is 35.5 Å². The van der Waals surface area contributed by atoms with Gasteiger partial charge in [-0.25, -0.2) is 10.9 Å². The third-order valence-corrected chi connectivity index (χ3v) is 4.86. The summed E-state index contributed by atoms with van der Waals surface area (Å²) in [7, 11) is 0. The van der Waals surface area contributed by atoms with E-state index in [0.29, 0.717) is 29.1 Å². The molecule has 7 heteroatoms. The summed E-state index contributed by atoms with van der Waals surface area (Å²) in [6, 6.07) is 7.87. The second-order valence-corrected chi connectivity index (χ2v) is 6.83. The second kappa shape index (κ2) is 7.14. The molecule has 2 aromatic rings. The number of hydrogen-bond donors (Lipinski definition) is 4. The number of hydrazine groups is 1. The molecule has 7 nitrogen and oxygen atoms in total. The lowest BCUT2D eigenvalue weighted by atomic mass is 9.86. The molecule has 1 aliphatic carbocycles. The molecule has 0 spiro atoms. The summed E-state index contributed by atoms with van der Waals surface area (Å²) < 4.78 is 5.24. The Balaban J connectivity index is 1.90. The minimum absolute atomic E-state index is 0.0423. The first-order valence-corrected chi connectivity index (χ1v) is 8.69. The van der Waals surface area contributed by atoms with Crippen molar-refractivity contribution in [3.63, 3.8) is 0 Å². The van der Waals surface area contributed by atoms with E-state index >= 15 is 0 Å². The van der Waals surface area contributed by atoms with E-state index in [4.69, 9.17) is 21.5 Å². The van der Waals surface area contributed by atoms with E-state index in [1.807, 2.05) is 25.1 Å². The van der Waals surface area contributed by atoms with Gasteiger partial charge in [0.05, 0.1) is 11.4 Å². The van der Waals surface area contributed by atoms with Gasteiger partial charge in [0.25, 0.3) is 0 Å². The fourth-order valence-electron chi connectivity index (χ4n) is 3.38. The number of amidine groups is 1. The van der Waals surface area contributed by atoms with Crippen molar-refractivity contribution in [2.45, 2.75) is 45.6 Å². The summed E-state index contributed by atoms with van der Waals surface area (Å²) in [6.07, 6.45) is 4.96. The third kappa shape index (κ3) is 3.76. The molecule has 0 saturated heterocycles. The van der Waals surface area contributed by atoms with Crippen LogP contribution in [-0.4, -0.2) is 17.0 Å². The molecule has 1 heterocycles. The van der Waals surface area contributed by atoms with Crippen molar-refractivity contribution in [2.24, 2.45) is 17.5 Å². The Bertz CT molecular complexity index is 756. The van der Waals surface area contributed by atoms with Gasteiger partial charge in [0.2, 0.25) is 5.88 Å². The molecule has 6 N–H and O–H groups in total. The van der Waals surface area contributed by atoms with Crippen molar-refractivity contribution in [1.29, 1.82) is 5.41 Å². The van der Waals surface area contributed by atoms with Crippen LogP contribution in [0.25, 0.3) is 0 Å². The van der Waals surface area contributed by atoms with Crippen LogP contribution in [0.5, 0.6) is 0 Å². The van der Waals surface area contributed by atoms with Gasteiger partial charge in [-0.3, -0.25) is 5.41 Å². The van der Waals surface area contributed by atoms with Crippen LogP contribution in [0.1, 0.15) is 43.9 Å². The van der Waals surface area contributed by atoms with E-state index in [9.17, 15) is 0 Å². The quantitative estimate of drug-likeness (QED) is 0.287. The first kappa shape index (κ1) is 17.3. The third-order valence-electron chi connectivity index (χ3n) is 4.86. The number of nitrogens with zero attached hydrogens (tertiary/aromatic N) is 2. The number of rotatable bonds is 5. The van der Waals surface area contributed by atoms with E-state index in [1.165, 1.54) is 30.7 Å². The molecule has 25 heavy (non-hydrogen) atoms. The summed E-state index contributed by atoms with van der Waals surface area (Å²) in [5, 5.41) is 16.7. The van der Waals surface area contributed by atoms with Crippen molar-refractivity contribution < 1.29 is 4.52 Å². The summed E-state index contributed by atoms with van der Waals surface area (Å²) in [5.74, 6) is 7.22. The number of nitrogens with one attached hydrogen (secondary N) is 2. The van der Waals surface area contributed by atoms with Gasteiger partial charge >= 0.3 is 0 Å². The molecule has 1 saturated carbocycles. The minimum atomic E-state index is -0.0423. The fourth-order valence-corrected chi connectivity index (χ4v) is 3.38. The van der Waals surface area contributed by atoms with Crippen molar-refractivity contribution >= 4 is 23.1 Å². The Hall–Kier alpha value is -2.54. The highest BCUT2D eigenvalue weighted by Gasteiger charge is 2.22. The average molecular weight is 342 g/mol. The predicted octanol–water partition coefficient (Wildman–Crippen LogP) is 3.27. The highest BCUT2D eigenvalue weighted by molar-refractivity contribution is 6.01. The molecule has 0 unspecified atom stereocenters. The Kier molecular flexibility index (Phi) is 4.94. The largest absolute Gasteiger partial charge is 0.384 e. The fraction of sp³-hybridized carbons (Fsp3) is 0.444. The monoisotopic (exact) mass is 342 g/mol. The van der Waals surface area contributed by atoms with Crippen LogP contribution >= 0.6 is 0 Å². The molecule has 0 amide bonds. The summed E-state index contributed by atoms with van der Waals surface area (Å²) in [4.78, 5) is 0. The SMILES string of the molecule is Cc1cc(N(N)c2cc(N[C@@H]3CCCC[C@@H]3C)ccc2C(=N)N)on1. The minimum Gasteiger partial charge on any atom is -0.384 e. The summed E-state index contributed by atoms with van der Waals surface area (Å²) in [6.45, 7) is 4.11. The zero-order valence-electron chi connectivity index (χ0n) is 14.7. The van der Waals surface area contributed by atoms with E-state index < -0.39 is 0 Å². The lowest BCUT2D eigenvalue weighted by molar-refractivity contribution is 0.349. The Morgan fingerprint density at radius 1 is 1.32 bits per heavy atom. The van der Waals surface area contributed by atoms with Crippen molar-refractivity contribution in [1.82, 2.24) is 5.16 Å². The van der Waals surface area contributed by atoms with Gasteiger partial charge < -0.3 is 15.6 Å². The molecule has 134 valence electrons. The van der Waals surface area contributed by atoms with Gasteiger partial charge in [-0.1, -0.05) is 24.9 Å². The molecule has 1 aliphatic rings. The van der Waals surface area contributed by atoms with Crippen LogP contribution in [0, 0.1) is 18.3 Å². The van der Waals surface area contributed by atoms with Gasteiger partial charge in [0, 0.05) is 23.4 Å². The number of benzene rings is 1. The Morgan fingerprint density at radius 3 is 2.72 bits per heavy atom. The molecular weight excluding hydrogens is 316 g/mol. The molecule has 0 bridgehead atoms. The van der Waals surface area contributed by atoms with Crippen LogP contribution in [0.2, 0.25) is 0 Å². The van der Waals surface area contributed by atoms with E-state index in [1.54, 1.807) is 6.07 Å². The zero-order valence-corrected chi connectivity index (χ0v) is 14.7. The van der Waals surface area contributed by atoms with Gasteiger partial charge in [0.15, 0.2) is 0 Å². The molecule has 1 aromatic carbocycles. The van der Waals surface area contributed by atoms with Crippen LogP contribution < -0.4 is 21.9 Å². The van der Waals surface area contributed by atoms with Gasteiger partial charge in [-0.2, -0.15) is 0 Å². The van der Waals surface area contributed by atoms with Crippen LogP contribution in [-0.2, 0) is 0 Å². The van der Waals surface area contributed by atoms with E-state index in [2.05, 4.69) is 17.4 Å². The molecule has 0 aliphatic heterocycles. The van der Waals surface area contributed by atoms with Crippen LogP contribution in [0.4, 0.5) is 17.3 Å². The predicted molar refractivity (Wildman–Crippen MR) is 100 cm³/mol. The molecule has 1 fully saturated rings. The lowest BCUT2D eigenvalue weighted by Crippen LogP contribution is -2.31. The maximum absolute atomic E-state index is 7.82. The average Bonchev–Trinajstić information content (AvgIpc) is 3.02. The maximum Gasteiger partial charge on any atom is 0.246 e. The zero-order chi connectivity index (χ0) is 18.0. The molecule has 2 atom stereocenters. The lowest BCUT2D eigenvalue weighted by Gasteiger charge is -2.31. The first-order valence-electron chi connectivity index (χ1n) is 8.69. The Morgan fingerprint density at radius 2 is 2.08 bits per heavy atom. The molecule has 1 aromatic heterocycles. The van der Waals surface area contributed by atoms with Gasteiger partial charge in [-0.05, 0) is 43.9 Å². The van der Waals surface area contributed by atoms with Crippen molar-refractivity contribution in [3.8, 4) is 0 Å². The number of aryl methyl sites for hydroxylation is 1. The highest BCUT2D eigenvalue weighted by atomic mass is 16.5. The Labute approximate surface area is 147 Å². The second-order valence-electron chi connectivity index (χ2n) is 6.83. The van der Waals surface area contributed by atoms with Gasteiger partial charge in [-0.15, -0.1) is 0 Å². The van der Waals surface area contributed by atoms with E-state index in [0.717, 1.165) is 11.4 Å². The number of anilines is 3. The van der Waals surface area contributed by atoms with Crippen molar-refractivity contribution in [2.75, 3.05) is 10.3 Å². The summed E-state index contributed by atoms with van der Waals surface area (Å²) in [5.41, 5.74) is 8.59. The standard InChI is InChI=1S/C18H26N6O/c1-11-5-3-4-6-15(11)22-13-7-8-14(18(19)20)16(10-13)24(21)17-9-12(2)23-25-17/h7-11,15,22H,3-6,21H2,1-2H3,(H3,19,20)/t11-,15+/m0/s1. The maximum atomic E-state index is 7.82. The molecule has 3 rings (SSSR count). The number of hydrogen-bond acceptors (Lipinski definition) is 6. The van der Waals surface area contributed by atoms with Gasteiger partial charge in [0.1, 0.15) is 5.84 Å². The number of aromatic nitrogens is 1. The normalized spacial score (nSPS) is 20.3. The molecule has 0 radical (unpaired) electrons.